The highest BCUT2D eigenvalue weighted by molar-refractivity contribution is 7.89. The monoisotopic (exact) mass is 628 g/mol. The molecule has 2 fully saturated rings. The normalized spacial score (nSPS) is 20.2. The first-order valence-corrected chi connectivity index (χ1v) is 15.9. The lowest BCUT2D eigenvalue weighted by Crippen LogP contribution is -2.35. The quantitative estimate of drug-likeness (QED) is 0.0970. The molecular weight excluding hydrogens is 598 g/mol. The maximum absolute atomic E-state index is 15.1. The van der Waals surface area contributed by atoms with E-state index in [1.807, 2.05) is 12.1 Å². The van der Waals surface area contributed by atoms with Gasteiger partial charge in [-0.1, -0.05) is 41.0 Å². The average molecular weight is 629 g/mol. The minimum Gasteiger partial charge on any atom is -0.381 e. The van der Waals surface area contributed by atoms with Crippen molar-refractivity contribution in [3.63, 3.8) is 0 Å². The number of Topliss-reactive ketones (excluding diaryl/α,β-unsaturated/α-hetero) is 1. The van der Waals surface area contributed by atoms with Crippen molar-refractivity contribution in [2.75, 3.05) is 19.8 Å². The molecule has 0 radical (unpaired) electrons. The summed E-state index contributed by atoms with van der Waals surface area (Å²) in [7, 11) is -3.79. The first-order valence-electron chi connectivity index (χ1n) is 14.1. The highest BCUT2D eigenvalue weighted by Crippen LogP contribution is 2.38. The summed E-state index contributed by atoms with van der Waals surface area (Å²) in [6, 6.07) is 14.9. The lowest BCUT2D eigenvalue weighted by atomic mass is 9.75. The Labute approximate surface area is 254 Å². The summed E-state index contributed by atoms with van der Waals surface area (Å²) in [5.41, 5.74) is 11.1. The van der Waals surface area contributed by atoms with Crippen LogP contribution in [0.15, 0.2) is 76.7 Å². The third kappa shape index (κ3) is 7.25. The van der Waals surface area contributed by atoms with Crippen molar-refractivity contribution in [1.82, 2.24) is 4.31 Å². The number of nitrogens with zero attached hydrogens (tertiary/aromatic N) is 4. The number of carbonyl (C=O) groups excluding carboxylic acids is 1. The predicted molar refractivity (Wildman–Crippen MR) is 158 cm³/mol. The van der Waals surface area contributed by atoms with E-state index in [9.17, 15) is 23.1 Å². The van der Waals surface area contributed by atoms with E-state index in [1.54, 1.807) is 18.2 Å². The third-order valence-electron chi connectivity index (χ3n) is 8.27. The van der Waals surface area contributed by atoms with Crippen LogP contribution in [-0.2, 0) is 32.4 Å². The fraction of sp³-hybridized carbons (Fsp3) is 0.387. The number of hydrogen-bond acceptors (Lipinski definition) is 5. The van der Waals surface area contributed by atoms with Gasteiger partial charge < -0.3 is 4.74 Å². The van der Waals surface area contributed by atoms with Crippen LogP contribution < -0.4 is 0 Å². The molecule has 12 heteroatoms. The predicted octanol–water partition coefficient (Wildman–Crippen LogP) is 6.62. The van der Waals surface area contributed by atoms with Crippen LogP contribution in [0.4, 0.5) is 8.78 Å². The first kappa shape index (κ1) is 31.1. The summed E-state index contributed by atoms with van der Waals surface area (Å²) in [5.74, 6) is -1.72. The molecule has 0 N–H and O–H groups in total. The van der Waals surface area contributed by atoms with Crippen LogP contribution in [0.2, 0.25) is 5.02 Å². The molecular formula is C31H31ClF2N4O4S. The van der Waals surface area contributed by atoms with E-state index in [0.717, 1.165) is 17.7 Å². The Hall–Kier alpha value is -3.34. The molecule has 0 spiro atoms. The molecule has 43 heavy (non-hydrogen) atoms. The second-order valence-corrected chi connectivity index (χ2v) is 13.2. The molecule has 0 amide bonds. The van der Waals surface area contributed by atoms with Crippen LogP contribution >= 0.6 is 11.6 Å². The second-order valence-electron chi connectivity index (χ2n) is 10.9. The van der Waals surface area contributed by atoms with Crippen molar-refractivity contribution in [1.29, 1.82) is 0 Å². The average Bonchev–Trinajstić information content (AvgIpc) is 3.79. The lowest BCUT2D eigenvalue weighted by molar-refractivity contribution is -0.120. The molecule has 8 nitrogen and oxygen atoms in total. The van der Waals surface area contributed by atoms with Crippen LogP contribution in [0, 0.1) is 17.6 Å². The number of halogens is 3. The number of benzene rings is 3. The Balaban J connectivity index is 1.33. The number of rotatable bonds is 12. The maximum atomic E-state index is 15.1. The van der Waals surface area contributed by atoms with Gasteiger partial charge >= 0.3 is 0 Å². The Kier molecular flexibility index (Phi) is 9.78. The summed E-state index contributed by atoms with van der Waals surface area (Å²) in [5, 5.41) is 4.52. The number of hydrogen-bond donors (Lipinski definition) is 0. The topological polar surface area (TPSA) is 112 Å². The van der Waals surface area contributed by atoms with E-state index in [1.165, 1.54) is 28.6 Å². The highest BCUT2D eigenvalue weighted by atomic mass is 35.5. The van der Waals surface area contributed by atoms with Crippen LogP contribution in [0.5, 0.6) is 0 Å². The summed E-state index contributed by atoms with van der Waals surface area (Å²) in [4.78, 5) is 16.9. The van der Waals surface area contributed by atoms with Crippen LogP contribution in [0.1, 0.15) is 41.9 Å². The smallest absolute Gasteiger partial charge is 0.243 e. The summed E-state index contributed by atoms with van der Waals surface area (Å²) in [6.07, 6.45) is 1.80. The number of sulfonamides is 1. The van der Waals surface area contributed by atoms with E-state index in [2.05, 4.69) is 10.0 Å². The summed E-state index contributed by atoms with van der Waals surface area (Å²) in [6.45, 7) is 1.35. The molecule has 0 aromatic heterocycles. The van der Waals surface area contributed by atoms with Crippen molar-refractivity contribution in [2.24, 2.45) is 11.0 Å². The molecule has 0 saturated carbocycles. The van der Waals surface area contributed by atoms with Gasteiger partial charge in [-0.05, 0) is 96.3 Å². The fourth-order valence-corrected chi connectivity index (χ4v) is 7.69. The van der Waals surface area contributed by atoms with Crippen molar-refractivity contribution in [3.8, 4) is 0 Å². The van der Waals surface area contributed by atoms with Gasteiger partial charge in [0.15, 0.2) is 0 Å². The Bertz CT molecular complexity index is 1610. The van der Waals surface area contributed by atoms with Gasteiger partial charge in [-0.25, -0.2) is 17.2 Å². The molecule has 226 valence electrons. The Morgan fingerprint density at radius 2 is 1.77 bits per heavy atom. The Morgan fingerprint density at radius 3 is 2.44 bits per heavy atom. The van der Waals surface area contributed by atoms with Gasteiger partial charge in [-0.2, -0.15) is 4.31 Å². The van der Waals surface area contributed by atoms with Crippen LogP contribution in [0.25, 0.3) is 10.4 Å². The van der Waals surface area contributed by atoms with Crippen molar-refractivity contribution >= 4 is 27.4 Å². The number of ketones is 1. The van der Waals surface area contributed by atoms with Crippen LogP contribution in [0.3, 0.4) is 0 Å². The molecule has 0 bridgehead atoms. The Morgan fingerprint density at radius 1 is 1.07 bits per heavy atom. The molecule has 2 aliphatic rings. The van der Waals surface area contributed by atoms with Crippen molar-refractivity contribution in [2.45, 2.75) is 55.0 Å². The molecule has 2 aliphatic heterocycles. The molecule has 2 saturated heterocycles. The number of ether oxygens (including phenoxy) is 1. The van der Waals surface area contributed by atoms with Gasteiger partial charge in [0.1, 0.15) is 23.5 Å². The van der Waals surface area contributed by atoms with E-state index in [-0.39, 0.29) is 42.0 Å². The largest absolute Gasteiger partial charge is 0.381 e. The van der Waals surface area contributed by atoms with Crippen LogP contribution in [-0.4, -0.2) is 50.3 Å². The SMILES string of the molecule is [N-]=[N+]=N[C@H](C(=O)Cc1cccc(F)c1CC[C@H]1CN1S(=O)(=O)c1ccc(F)cc1)[C@@H](c1ccc(Cl)cc1)C1CCOCC1. The molecule has 3 aromatic carbocycles. The molecule has 1 unspecified atom stereocenters. The zero-order chi connectivity index (χ0) is 30.6. The second kappa shape index (κ2) is 13.5. The summed E-state index contributed by atoms with van der Waals surface area (Å²) >= 11 is 6.12. The number of carbonyl (C=O) groups is 1. The maximum Gasteiger partial charge on any atom is 0.243 e. The fourth-order valence-electron chi connectivity index (χ4n) is 5.95. The summed E-state index contributed by atoms with van der Waals surface area (Å²) < 4.78 is 61.0. The molecule has 4 atom stereocenters. The van der Waals surface area contributed by atoms with Gasteiger partial charge in [0.05, 0.1) is 4.90 Å². The number of azide groups is 1. The molecule has 3 aromatic rings. The van der Waals surface area contributed by atoms with Gasteiger partial charge in [-0.15, -0.1) is 0 Å². The van der Waals surface area contributed by atoms with Gasteiger partial charge in [0.2, 0.25) is 10.0 Å². The minimum absolute atomic E-state index is 0.00237. The molecule has 0 aliphatic carbocycles. The zero-order valence-electron chi connectivity index (χ0n) is 23.3. The minimum atomic E-state index is -3.79. The van der Waals surface area contributed by atoms with E-state index < -0.39 is 33.6 Å². The van der Waals surface area contributed by atoms with Crippen molar-refractivity contribution in [3.05, 3.63) is 111 Å². The molecule has 2 heterocycles. The van der Waals surface area contributed by atoms with Gasteiger partial charge in [0.25, 0.3) is 0 Å². The van der Waals surface area contributed by atoms with Crippen molar-refractivity contribution < 1.29 is 26.7 Å². The zero-order valence-corrected chi connectivity index (χ0v) is 24.9. The highest BCUT2D eigenvalue weighted by Gasteiger charge is 2.44. The van der Waals surface area contributed by atoms with Gasteiger partial charge in [0, 0.05) is 48.1 Å². The standard InChI is InChI=1S/C31H31ClF2N4O4S/c32-23-6-4-20(5-7-23)30(21-14-16-42-17-15-21)31(36-37-35)29(39)18-22-2-1-3-28(34)27(22)13-10-25-19-38(25)43(40,41)26-11-8-24(33)9-12-26/h1-9,11-12,21,25,30-31H,10,13-19H2/t25-,30-,31+,38?/m0/s1. The van der Waals surface area contributed by atoms with E-state index >= 15 is 4.39 Å². The van der Waals surface area contributed by atoms with Gasteiger partial charge in [-0.3, -0.25) is 4.79 Å². The third-order valence-corrected chi connectivity index (χ3v) is 10.5. The molecule has 5 rings (SSSR count). The first-order chi connectivity index (χ1) is 20.7. The lowest BCUT2D eigenvalue weighted by Gasteiger charge is -2.34. The van der Waals surface area contributed by atoms with E-state index in [4.69, 9.17) is 16.3 Å². The van der Waals surface area contributed by atoms with E-state index in [0.29, 0.717) is 48.6 Å².